The number of ether oxygens (including phenoxy) is 2. The molecule has 0 atom stereocenters. The van der Waals surface area contributed by atoms with Gasteiger partial charge in [-0.05, 0) is 31.4 Å². The highest BCUT2D eigenvalue weighted by atomic mass is 16.5. The summed E-state index contributed by atoms with van der Waals surface area (Å²) in [6, 6.07) is 1.80. The van der Waals surface area contributed by atoms with Crippen LogP contribution in [0.3, 0.4) is 0 Å². The summed E-state index contributed by atoms with van der Waals surface area (Å²) in [6.07, 6.45) is 1.85. The Hall–Kier alpha value is -2.57. The van der Waals surface area contributed by atoms with Crippen LogP contribution in [0.15, 0.2) is 23.6 Å². The molecule has 7 heteroatoms. The Morgan fingerprint density at radius 1 is 1.29 bits per heavy atom. The minimum atomic E-state index is -0.514. The molecular formula is C17H23N3O4. The van der Waals surface area contributed by atoms with Crippen LogP contribution >= 0.6 is 0 Å². The van der Waals surface area contributed by atoms with Crippen molar-refractivity contribution in [3.63, 3.8) is 0 Å². The predicted molar refractivity (Wildman–Crippen MR) is 90.8 cm³/mol. The Morgan fingerprint density at radius 3 is 2.54 bits per heavy atom. The lowest BCUT2D eigenvalue weighted by Gasteiger charge is -2.12. The molecule has 0 aliphatic heterocycles. The molecule has 0 fully saturated rings. The van der Waals surface area contributed by atoms with Crippen molar-refractivity contribution >= 4 is 17.2 Å². The molecule has 2 rings (SSSR count). The van der Waals surface area contributed by atoms with E-state index < -0.39 is 5.97 Å². The molecule has 0 aliphatic rings. The van der Waals surface area contributed by atoms with Crippen molar-refractivity contribution in [2.45, 2.75) is 40.2 Å². The lowest BCUT2D eigenvalue weighted by atomic mass is 10.1. The number of nitrogens with zero attached hydrogens (tertiary/aromatic N) is 3. The second-order valence-electron chi connectivity index (χ2n) is 5.63. The van der Waals surface area contributed by atoms with Crippen LogP contribution in [0, 0.1) is 0 Å². The van der Waals surface area contributed by atoms with Crippen LogP contribution in [-0.2, 0) is 20.8 Å². The van der Waals surface area contributed by atoms with Gasteiger partial charge in [0.15, 0.2) is 11.6 Å². The molecule has 7 nitrogen and oxygen atoms in total. The van der Waals surface area contributed by atoms with E-state index in [0.29, 0.717) is 23.7 Å². The highest BCUT2D eigenvalue weighted by molar-refractivity contribution is 5.69. The third-order valence-corrected chi connectivity index (χ3v) is 3.56. The molecule has 0 unspecified atom stereocenters. The summed E-state index contributed by atoms with van der Waals surface area (Å²) in [5, 5.41) is 4.26. The standard InChI is InChI=1S/C17H23N3O4/c1-6-23-12(5)16-18-20(10-15(21)24-7-2)17(22)14-8-13(11(3)4)9-19(14)16/h8-9,11H,5-7,10H2,1-4H3. The summed E-state index contributed by atoms with van der Waals surface area (Å²) < 4.78 is 13.1. The predicted octanol–water partition coefficient (Wildman–Crippen LogP) is 2.19. The number of carbonyl (C=O) groups is 1. The summed E-state index contributed by atoms with van der Waals surface area (Å²) in [4.78, 5) is 24.4. The number of aromatic nitrogens is 3. The number of carbonyl (C=O) groups excluding carboxylic acids is 1. The minimum Gasteiger partial charge on any atom is -0.491 e. The van der Waals surface area contributed by atoms with Crippen molar-refractivity contribution < 1.29 is 14.3 Å². The van der Waals surface area contributed by atoms with Crippen LogP contribution in [-0.4, -0.2) is 33.4 Å². The Kier molecular flexibility index (Phi) is 5.43. The van der Waals surface area contributed by atoms with E-state index in [9.17, 15) is 9.59 Å². The van der Waals surface area contributed by atoms with Crippen molar-refractivity contribution in [3.8, 4) is 0 Å². The van der Waals surface area contributed by atoms with Crippen LogP contribution in [0.25, 0.3) is 11.3 Å². The van der Waals surface area contributed by atoms with Gasteiger partial charge in [0.2, 0.25) is 0 Å². The first-order valence-electron chi connectivity index (χ1n) is 7.99. The normalized spacial score (nSPS) is 11.0. The molecule has 0 aromatic carbocycles. The van der Waals surface area contributed by atoms with Crippen molar-refractivity contribution in [2.24, 2.45) is 0 Å². The van der Waals surface area contributed by atoms with Gasteiger partial charge in [-0.15, -0.1) is 5.10 Å². The van der Waals surface area contributed by atoms with Gasteiger partial charge in [-0.3, -0.25) is 14.0 Å². The maximum absolute atomic E-state index is 12.6. The maximum Gasteiger partial charge on any atom is 0.327 e. The van der Waals surface area contributed by atoms with Crippen molar-refractivity contribution in [3.05, 3.63) is 40.6 Å². The van der Waals surface area contributed by atoms with Crippen molar-refractivity contribution in [1.29, 1.82) is 0 Å². The molecule has 2 heterocycles. The summed E-state index contributed by atoms with van der Waals surface area (Å²) >= 11 is 0. The fourth-order valence-electron chi connectivity index (χ4n) is 2.34. The lowest BCUT2D eigenvalue weighted by Crippen LogP contribution is -2.30. The van der Waals surface area contributed by atoms with Gasteiger partial charge in [0.05, 0.1) is 13.2 Å². The molecule has 2 aromatic heterocycles. The van der Waals surface area contributed by atoms with Gasteiger partial charge in [0.25, 0.3) is 5.56 Å². The summed E-state index contributed by atoms with van der Waals surface area (Å²) in [6.45, 7) is 11.9. The third-order valence-electron chi connectivity index (χ3n) is 3.56. The number of esters is 1. The van der Waals surface area contributed by atoms with Gasteiger partial charge < -0.3 is 9.47 Å². The molecule has 0 spiro atoms. The van der Waals surface area contributed by atoms with Gasteiger partial charge in [-0.25, -0.2) is 4.68 Å². The van der Waals surface area contributed by atoms with Crippen LogP contribution < -0.4 is 5.56 Å². The third kappa shape index (κ3) is 3.50. The Balaban J connectivity index is 2.63. The van der Waals surface area contributed by atoms with Gasteiger partial charge in [-0.2, -0.15) is 0 Å². The molecule has 0 bridgehead atoms. The van der Waals surface area contributed by atoms with E-state index in [0.717, 1.165) is 10.2 Å². The Bertz CT molecular complexity index is 817. The minimum absolute atomic E-state index is 0.246. The van der Waals surface area contributed by atoms with Crippen LogP contribution in [0.2, 0.25) is 0 Å². The number of hydrogen-bond acceptors (Lipinski definition) is 5. The second-order valence-corrected chi connectivity index (χ2v) is 5.63. The van der Waals surface area contributed by atoms with E-state index in [-0.39, 0.29) is 24.6 Å². The van der Waals surface area contributed by atoms with Gasteiger partial charge in [-0.1, -0.05) is 20.4 Å². The van der Waals surface area contributed by atoms with E-state index in [2.05, 4.69) is 11.7 Å². The Labute approximate surface area is 140 Å². The van der Waals surface area contributed by atoms with E-state index >= 15 is 0 Å². The molecule has 0 radical (unpaired) electrons. The largest absolute Gasteiger partial charge is 0.491 e. The van der Waals surface area contributed by atoms with Crippen molar-refractivity contribution in [2.75, 3.05) is 13.2 Å². The summed E-state index contributed by atoms with van der Waals surface area (Å²) in [5.41, 5.74) is 1.06. The summed E-state index contributed by atoms with van der Waals surface area (Å²) in [5.74, 6) is 0.463. The molecule has 0 aliphatic carbocycles. The maximum atomic E-state index is 12.6. The zero-order valence-corrected chi connectivity index (χ0v) is 14.5. The molecule has 0 saturated carbocycles. The van der Waals surface area contributed by atoms with E-state index in [1.165, 1.54) is 0 Å². The second kappa shape index (κ2) is 7.33. The van der Waals surface area contributed by atoms with Gasteiger partial charge in [0.1, 0.15) is 12.1 Å². The average molecular weight is 333 g/mol. The molecule has 0 saturated heterocycles. The molecule has 2 aromatic rings. The van der Waals surface area contributed by atoms with E-state index in [1.807, 2.05) is 27.0 Å². The lowest BCUT2D eigenvalue weighted by molar-refractivity contribution is -0.144. The fourth-order valence-corrected chi connectivity index (χ4v) is 2.34. The molecule has 130 valence electrons. The van der Waals surface area contributed by atoms with Crippen LogP contribution in [0.1, 0.15) is 45.0 Å². The first-order valence-corrected chi connectivity index (χ1v) is 7.99. The zero-order valence-electron chi connectivity index (χ0n) is 14.5. The fraction of sp³-hybridized carbons (Fsp3) is 0.471. The number of fused-ring (bicyclic) bond motifs is 1. The quantitative estimate of drug-likeness (QED) is 0.573. The smallest absolute Gasteiger partial charge is 0.327 e. The van der Waals surface area contributed by atoms with Crippen molar-refractivity contribution in [1.82, 2.24) is 14.2 Å². The highest BCUT2D eigenvalue weighted by Gasteiger charge is 2.18. The molecule has 0 N–H and O–H groups in total. The first kappa shape index (κ1) is 17.8. The number of rotatable bonds is 7. The van der Waals surface area contributed by atoms with Crippen LogP contribution in [0.5, 0.6) is 0 Å². The topological polar surface area (TPSA) is 74.8 Å². The molecule has 0 amide bonds. The van der Waals surface area contributed by atoms with Gasteiger partial charge >= 0.3 is 5.97 Å². The van der Waals surface area contributed by atoms with Crippen LogP contribution in [0.4, 0.5) is 0 Å². The zero-order chi connectivity index (χ0) is 17.9. The Morgan fingerprint density at radius 2 is 1.96 bits per heavy atom. The molecule has 24 heavy (non-hydrogen) atoms. The SMILES string of the molecule is C=C(OCC)c1nn(CC(=O)OCC)c(=O)c2cc(C(C)C)cn12. The number of hydrogen-bond donors (Lipinski definition) is 0. The highest BCUT2D eigenvalue weighted by Crippen LogP contribution is 2.20. The first-order chi connectivity index (χ1) is 11.4. The average Bonchev–Trinajstić information content (AvgIpc) is 2.96. The summed E-state index contributed by atoms with van der Waals surface area (Å²) in [7, 11) is 0. The van der Waals surface area contributed by atoms with E-state index in [4.69, 9.17) is 9.47 Å². The molecular weight excluding hydrogens is 310 g/mol. The monoisotopic (exact) mass is 333 g/mol. The van der Waals surface area contributed by atoms with E-state index in [1.54, 1.807) is 17.4 Å². The van der Waals surface area contributed by atoms with Gasteiger partial charge in [0, 0.05) is 6.20 Å².